The number of carbonyl (C=O) groups is 2. The quantitative estimate of drug-likeness (QED) is 0.306. The van der Waals surface area contributed by atoms with Crippen LogP contribution in [0.1, 0.15) is 50.8 Å². The minimum Gasteiger partial charge on any atom is -0.459 e. The van der Waals surface area contributed by atoms with Gasteiger partial charge in [0.05, 0.1) is 27.9 Å². The first-order valence-electron chi connectivity index (χ1n) is 14.1. The molecule has 1 atom stereocenters. The van der Waals surface area contributed by atoms with Gasteiger partial charge in [-0.15, -0.1) is 0 Å². The zero-order valence-corrected chi connectivity index (χ0v) is 25.2. The van der Waals surface area contributed by atoms with Crippen LogP contribution in [0.2, 0.25) is 5.02 Å². The van der Waals surface area contributed by atoms with E-state index >= 15 is 0 Å². The molecule has 6 rings (SSSR count). The van der Waals surface area contributed by atoms with Crippen molar-refractivity contribution in [3.8, 4) is 0 Å². The molecule has 1 saturated heterocycles. The third-order valence-corrected chi connectivity index (χ3v) is 8.88. The second-order valence-corrected chi connectivity index (χ2v) is 12.4. The molecule has 0 aliphatic carbocycles. The van der Waals surface area contributed by atoms with Crippen molar-refractivity contribution >= 4 is 51.8 Å². The topological polar surface area (TPSA) is 85.9 Å². The number of benzene rings is 2. The Hall–Kier alpha value is -3.95. The molecule has 2 aliphatic rings. The maximum Gasteiger partial charge on any atom is 0.338 e. The predicted molar refractivity (Wildman–Crippen MR) is 164 cm³/mol. The van der Waals surface area contributed by atoms with Crippen molar-refractivity contribution < 1.29 is 14.3 Å². The number of nitrogens with zero attached hydrogens (tertiary/aromatic N) is 4. The minimum atomic E-state index is -0.716. The van der Waals surface area contributed by atoms with Crippen LogP contribution in [0.15, 0.2) is 75.8 Å². The van der Waals surface area contributed by atoms with Gasteiger partial charge in [0, 0.05) is 40.8 Å². The largest absolute Gasteiger partial charge is 0.459 e. The number of para-hydroxylation sites is 1. The summed E-state index contributed by atoms with van der Waals surface area (Å²) in [4.78, 5) is 47.4. The van der Waals surface area contributed by atoms with Gasteiger partial charge in [0.25, 0.3) is 5.56 Å². The first-order valence-corrected chi connectivity index (χ1v) is 15.3. The van der Waals surface area contributed by atoms with Crippen molar-refractivity contribution in [2.75, 3.05) is 13.1 Å². The number of rotatable bonds is 6. The number of aromatic nitrogens is 2. The van der Waals surface area contributed by atoms with Crippen LogP contribution in [0.3, 0.4) is 0 Å². The summed E-state index contributed by atoms with van der Waals surface area (Å²) < 4.78 is 9.58. The van der Waals surface area contributed by atoms with Crippen molar-refractivity contribution in [1.29, 1.82) is 0 Å². The molecule has 216 valence electrons. The van der Waals surface area contributed by atoms with Crippen molar-refractivity contribution in [3.63, 3.8) is 0 Å². The Labute approximate surface area is 251 Å². The van der Waals surface area contributed by atoms with Gasteiger partial charge in [-0.3, -0.25) is 14.2 Å². The highest BCUT2D eigenvalue weighted by atomic mass is 35.5. The van der Waals surface area contributed by atoms with Gasteiger partial charge < -0.3 is 14.2 Å². The number of thiazole rings is 1. The number of amides is 1. The molecular weight excluding hydrogens is 572 g/mol. The van der Waals surface area contributed by atoms with E-state index in [1.165, 1.54) is 11.3 Å². The molecule has 2 aromatic carbocycles. The van der Waals surface area contributed by atoms with E-state index in [4.69, 9.17) is 16.3 Å². The second kappa shape index (κ2) is 11.4. The molecule has 4 heterocycles. The van der Waals surface area contributed by atoms with E-state index in [1.807, 2.05) is 58.1 Å². The lowest BCUT2D eigenvalue weighted by atomic mass is 9.96. The minimum absolute atomic E-state index is 0.0958. The molecule has 42 heavy (non-hydrogen) atoms. The number of carbonyl (C=O) groups excluding carboxylic acids is 2. The number of halogens is 1. The monoisotopic (exact) mass is 602 g/mol. The van der Waals surface area contributed by atoms with E-state index in [0.717, 1.165) is 48.0 Å². The van der Waals surface area contributed by atoms with Gasteiger partial charge in [0.1, 0.15) is 6.54 Å². The third kappa shape index (κ3) is 5.23. The molecule has 0 unspecified atom stereocenters. The van der Waals surface area contributed by atoms with Gasteiger partial charge in [-0.1, -0.05) is 53.3 Å². The number of allylic oxidation sites excluding steroid dienone is 1. The highest BCUT2D eigenvalue weighted by Gasteiger charge is 2.34. The molecule has 8 nitrogen and oxygen atoms in total. The zero-order chi connectivity index (χ0) is 29.5. The van der Waals surface area contributed by atoms with Crippen LogP contribution < -0.4 is 14.9 Å². The lowest BCUT2D eigenvalue weighted by Crippen LogP contribution is -2.40. The number of likely N-dealkylation sites (tertiary alicyclic amines) is 1. The summed E-state index contributed by atoms with van der Waals surface area (Å²) >= 11 is 7.44. The number of ether oxygens (including phenoxy) is 1. The molecule has 2 aliphatic heterocycles. The number of fused-ring (bicyclic) bond motifs is 2. The smallest absolute Gasteiger partial charge is 0.338 e. The summed E-state index contributed by atoms with van der Waals surface area (Å²) in [6, 6.07) is 14.3. The SMILES string of the molecule is CC1=C(C(=O)OC(C)C)[C@@H](c2ccc(Cl)cc2)n2c(s/c(=C/c3cn(CC(=O)N4CCCC4)c4ccccc34)c2=O)=N1. The summed E-state index contributed by atoms with van der Waals surface area (Å²) in [5, 5.41) is 1.50. The molecule has 4 aromatic rings. The van der Waals surface area contributed by atoms with Crippen LogP contribution in [-0.2, 0) is 20.9 Å². The van der Waals surface area contributed by atoms with Gasteiger partial charge >= 0.3 is 5.97 Å². The van der Waals surface area contributed by atoms with Crippen LogP contribution in [0.5, 0.6) is 0 Å². The number of esters is 1. The molecular formula is C32H31ClN4O4S. The summed E-state index contributed by atoms with van der Waals surface area (Å²) in [5.41, 5.74) is 3.06. The van der Waals surface area contributed by atoms with Crippen molar-refractivity contribution in [2.24, 2.45) is 4.99 Å². The van der Waals surface area contributed by atoms with E-state index < -0.39 is 12.0 Å². The Bertz CT molecular complexity index is 1910. The number of hydrogen-bond donors (Lipinski definition) is 0. The Balaban J connectivity index is 1.48. The van der Waals surface area contributed by atoms with E-state index in [2.05, 4.69) is 4.99 Å². The van der Waals surface area contributed by atoms with Gasteiger partial charge in [-0.25, -0.2) is 9.79 Å². The normalized spacial score (nSPS) is 17.2. The van der Waals surface area contributed by atoms with Gasteiger partial charge in [-0.2, -0.15) is 0 Å². The molecule has 0 radical (unpaired) electrons. The lowest BCUT2D eigenvalue weighted by molar-refractivity contribution is -0.143. The molecule has 1 fully saturated rings. The van der Waals surface area contributed by atoms with E-state index in [0.29, 0.717) is 25.6 Å². The first-order chi connectivity index (χ1) is 20.2. The third-order valence-electron chi connectivity index (χ3n) is 7.64. The predicted octanol–water partition coefficient (Wildman–Crippen LogP) is 4.42. The van der Waals surface area contributed by atoms with Crippen molar-refractivity contribution in [2.45, 2.75) is 52.3 Å². The van der Waals surface area contributed by atoms with Crippen molar-refractivity contribution in [1.82, 2.24) is 14.0 Å². The fourth-order valence-corrected chi connectivity index (χ4v) is 6.86. The second-order valence-electron chi connectivity index (χ2n) is 10.9. The summed E-state index contributed by atoms with van der Waals surface area (Å²) in [7, 11) is 0. The standard InChI is InChI=1S/C32H31ClN4O4S/c1-19(2)41-31(40)28-20(3)34-32-37(29(28)21-10-12-23(33)13-11-21)30(39)26(42-32)16-22-17-36(25-9-5-4-8-24(22)25)18-27(38)35-14-6-7-15-35/h4-5,8-13,16-17,19,29H,6-7,14-15,18H2,1-3H3/b26-16+/t29-/m1/s1. The summed E-state index contributed by atoms with van der Waals surface area (Å²) in [6.07, 6.45) is 5.54. The van der Waals surface area contributed by atoms with Gasteiger partial charge in [0.15, 0.2) is 4.80 Å². The van der Waals surface area contributed by atoms with Crippen LogP contribution in [0.4, 0.5) is 0 Å². The summed E-state index contributed by atoms with van der Waals surface area (Å²) in [6.45, 7) is 7.18. The van der Waals surface area contributed by atoms with Gasteiger partial charge in [-0.05, 0) is 63.5 Å². The zero-order valence-electron chi connectivity index (χ0n) is 23.7. The van der Waals surface area contributed by atoms with Crippen LogP contribution in [0, 0.1) is 0 Å². The lowest BCUT2D eigenvalue weighted by Gasteiger charge is -2.25. The maximum absolute atomic E-state index is 14.1. The van der Waals surface area contributed by atoms with Crippen LogP contribution in [0.25, 0.3) is 17.0 Å². The van der Waals surface area contributed by atoms with Crippen molar-refractivity contribution in [3.05, 3.63) is 102 Å². The van der Waals surface area contributed by atoms with Crippen LogP contribution >= 0.6 is 22.9 Å². The average molecular weight is 603 g/mol. The Morgan fingerprint density at radius 2 is 1.83 bits per heavy atom. The first kappa shape index (κ1) is 28.2. The fraction of sp³-hybridized carbons (Fsp3) is 0.312. The molecule has 10 heteroatoms. The van der Waals surface area contributed by atoms with E-state index in [1.54, 1.807) is 37.5 Å². The maximum atomic E-state index is 14.1. The Kier molecular flexibility index (Phi) is 7.64. The van der Waals surface area contributed by atoms with Crippen LogP contribution in [-0.4, -0.2) is 45.1 Å². The highest BCUT2D eigenvalue weighted by Crippen LogP contribution is 2.32. The number of hydrogen-bond acceptors (Lipinski definition) is 6. The fourth-order valence-electron chi connectivity index (χ4n) is 5.70. The molecule has 0 spiro atoms. The van der Waals surface area contributed by atoms with E-state index in [9.17, 15) is 14.4 Å². The Morgan fingerprint density at radius 3 is 2.55 bits per heavy atom. The molecule has 2 aromatic heterocycles. The average Bonchev–Trinajstić information content (AvgIpc) is 3.68. The highest BCUT2D eigenvalue weighted by molar-refractivity contribution is 7.07. The molecule has 0 saturated carbocycles. The Morgan fingerprint density at radius 1 is 1.12 bits per heavy atom. The molecule has 1 amide bonds. The van der Waals surface area contributed by atoms with E-state index in [-0.39, 0.29) is 24.1 Å². The molecule has 0 N–H and O–H groups in total. The molecule has 0 bridgehead atoms. The summed E-state index contributed by atoms with van der Waals surface area (Å²) in [5.74, 6) is -0.412. The van der Waals surface area contributed by atoms with Gasteiger partial charge in [0.2, 0.25) is 5.91 Å².